The summed E-state index contributed by atoms with van der Waals surface area (Å²) < 4.78 is 22.9. The number of aryl methyl sites for hydroxylation is 2. The minimum Gasteiger partial charge on any atom is -0.381 e. The number of pyridine rings is 1. The van der Waals surface area contributed by atoms with Gasteiger partial charge in [-0.1, -0.05) is 0 Å². The number of nitro benzene ring substituents is 1. The second-order valence-corrected chi connectivity index (χ2v) is 6.88. The predicted octanol–water partition coefficient (Wildman–Crippen LogP) is 1.16. The van der Waals surface area contributed by atoms with Crippen LogP contribution in [0.2, 0.25) is 0 Å². The van der Waals surface area contributed by atoms with Crippen LogP contribution in [-0.4, -0.2) is 18.3 Å². The van der Waals surface area contributed by atoms with E-state index in [1.54, 1.807) is 19.9 Å². The van der Waals surface area contributed by atoms with Gasteiger partial charge in [-0.25, -0.2) is 13.6 Å². The maximum absolute atomic E-state index is 12.0. The molecule has 0 saturated carbocycles. The molecule has 128 valence electrons. The van der Waals surface area contributed by atoms with Gasteiger partial charge in [0.05, 0.1) is 9.82 Å². The molecule has 0 amide bonds. The standard InChI is InChI=1S/C14H16N4O5S/c1-8-3-9(2)17-14(19)13(8)7-16-10-4-11(18(20)21)6-12(5-10)24(15,22)23/h3-6,16H,7H2,1-2H3,(H,17,19)(H2,15,22,23). The maximum atomic E-state index is 12.0. The molecule has 4 N–H and O–H groups in total. The van der Waals surface area contributed by atoms with E-state index in [1.807, 2.05) is 0 Å². The first-order valence-electron chi connectivity index (χ1n) is 6.83. The van der Waals surface area contributed by atoms with E-state index in [2.05, 4.69) is 10.3 Å². The minimum atomic E-state index is -4.10. The van der Waals surface area contributed by atoms with E-state index in [-0.39, 0.29) is 22.7 Å². The Kier molecular flexibility index (Phi) is 4.71. The van der Waals surface area contributed by atoms with Gasteiger partial charge < -0.3 is 10.3 Å². The molecule has 9 nitrogen and oxygen atoms in total. The Morgan fingerprint density at radius 2 is 1.92 bits per heavy atom. The lowest BCUT2D eigenvalue weighted by atomic mass is 10.1. The zero-order chi connectivity index (χ0) is 18.1. The fourth-order valence-corrected chi connectivity index (χ4v) is 2.82. The van der Waals surface area contributed by atoms with Crippen molar-refractivity contribution in [2.75, 3.05) is 5.32 Å². The highest BCUT2D eigenvalue weighted by Crippen LogP contribution is 2.23. The molecule has 2 rings (SSSR count). The van der Waals surface area contributed by atoms with Crippen LogP contribution < -0.4 is 16.0 Å². The highest BCUT2D eigenvalue weighted by Gasteiger charge is 2.16. The number of non-ortho nitro benzene ring substituents is 1. The third-order valence-corrected chi connectivity index (χ3v) is 4.29. The normalized spacial score (nSPS) is 11.3. The molecule has 0 saturated heterocycles. The smallest absolute Gasteiger partial charge is 0.272 e. The highest BCUT2D eigenvalue weighted by atomic mass is 32.2. The number of aromatic amines is 1. The quantitative estimate of drug-likeness (QED) is 0.543. The zero-order valence-corrected chi connectivity index (χ0v) is 13.8. The molecule has 0 aliphatic carbocycles. The average molecular weight is 352 g/mol. The van der Waals surface area contributed by atoms with Crippen molar-refractivity contribution < 1.29 is 13.3 Å². The van der Waals surface area contributed by atoms with Gasteiger partial charge in [0.25, 0.3) is 11.2 Å². The SMILES string of the molecule is Cc1cc(C)c(CNc2cc([N+](=O)[O-])cc(S(N)(=O)=O)c2)c(=O)[nH]1. The van der Waals surface area contributed by atoms with Crippen LogP contribution in [0.15, 0.2) is 34.0 Å². The lowest BCUT2D eigenvalue weighted by Crippen LogP contribution is -2.19. The molecular formula is C14H16N4O5S. The number of nitrogens with zero attached hydrogens (tertiary/aromatic N) is 1. The number of benzene rings is 1. The summed E-state index contributed by atoms with van der Waals surface area (Å²) in [5, 5.41) is 18.8. The summed E-state index contributed by atoms with van der Waals surface area (Å²) in [6.07, 6.45) is 0. The summed E-state index contributed by atoms with van der Waals surface area (Å²) >= 11 is 0. The van der Waals surface area contributed by atoms with Crippen LogP contribution in [0.5, 0.6) is 0 Å². The number of aromatic nitrogens is 1. The van der Waals surface area contributed by atoms with Gasteiger partial charge in [-0.15, -0.1) is 0 Å². The fourth-order valence-electron chi connectivity index (χ4n) is 2.25. The van der Waals surface area contributed by atoms with E-state index in [9.17, 15) is 23.3 Å². The lowest BCUT2D eigenvalue weighted by Gasteiger charge is -2.10. The fraction of sp³-hybridized carbons (Fsp3) is 0.214. The van der Waals surface area contributed by atoms with Crippen LogP contribution in [0.25, 0.3) is 0 Å². The number of hydrogen-bond donors (Lipinski definition) is 3. The van der Waals surface area contributed by atoms with Gasteiger partial charge in [0.15, 0.2) is 0 Å². The molecule has 10 heteroatoms. The highest BCUT2D eigenvalue weighted by molar-refractivity contribution is 7.89. The Hall–Kier alpha value is -2.72. The Morgan fingerprint density at radius 1 is 1.25 bits per heavy atom. The molecule has 1 aromatic heterocycles. The first-order valence-corrected chi connectivity index (χ1v) is 8.38. The first-order chi connectivity index (χ1) is 11.1. The van der Waals surface area contributed by atoms with Crippen molar-refractivity contribution in [3.8, 4) is 0 Å². The Labute approximate surface area is 137 Å². The van der Waals surface area contributed by atoms with Crippen LogP contribution in [0.1, 0.15) is 16.8 Å². The maximum Gasteiger partial charge on any atom is 0.272 e. The summed E-state index contributed by atoms with van der Waals surface area (Å²) in [6.45, 7) is 3.60. The first kappa shape index (κ1) is 17.6. The topological polar surface area (TPSA) is 148 Å². The third kappa shape index (κ3) is 3.97. The van der Waals surface area contributed by atoms with Gasteiger partial charge in [0.2, 0.25) is 10.0 Å². The molecule has 0 spiro atoms. The van der Waals surface area contributed by atoms with E-state index in [0.29, 0.717) is 11.3 Å². The van der Waals surface area contributed by atoms with Crippen LogP contribution in [0.3, 0.4) is 0 Å². The van der Waals surface area contributed by atoms with Crippen molar-refractivity contribution in [2.24, 2.45) is 5.14 Å². The molecule has 24 heavy (non-hydrogen) atoms. The van der Waals surface area contributed by atoms with E-state index in [4.69, 9.17) is 5.14 Å². The van der Waals surface area contributed by atoms with Crippen molar-refractivity contribution in [2.45, 2.75) is 25.3 Å². The largest absolute Gasteiger partial charge is 0.381 e. The summed E-state index contributed by atoms with van der Waals surface area (Å²) in [4.78, 5) is 24.5. The van der Waals surface area contributed by atoms with Crippen molar-refractivity contribution in [3.63, 3.8) is 0 Å². The predicted molar refractivity (Wildman–Crippen MR) is 88.3 cm³/mol. The zero-order valence-electron chi connectivity index (χ0n) is 13.0. The van der Waals surface area contributed by atoms with E-state index < -0.39 is 20.6 Å². The van der Waals surface area contributed by atoms with Crippen LogP contribution in [0.4, 0.5) is 11.4 Å². The van der Waals surface area contributed by atoms with Gasteiger partial charge in [-0.2, -0.15) is 0 Å². The Morgan fingerprint density at radius 3 is 2.46 bits per heavy atom. The van der Waals surface area contributed by atoms with E-state index in [0.717, 1.165) is 11.6 Å². The number of rotatable bonds is 5. The molecule has 1 heterocycles. The molecule has 0 unspecified atom stereocenters. The Bertz CT molecular complexity index is 966. The molecule has 0 fully saturated rings. The summed E-state index contributed by atoms with van der Waals surface area (Å²) in [7, 11) is -4.10. The van der Waals surface area contributed by atoms with E-state index in [1.165, 1.54) is 12.1 Å². The third-order valence-electron chi connectivity index (χ3n) is 3.39. The lowest BCUT2D eigenvalue weighted by molar-refractivity contribution is -0.385. The monoisotopic (exact) mass is 352 g/mol. The van der Waals surface area contributed by atoms with E-state index >= 15 is 0 Å². The molecular weight excluding hydrogens is 336 g/mol. The van der Waals surface area contributed by atoms with Crippen molar-refractivity contribution >= 4 is 21.4 Å². The Balaban J connectivity index is 2.39. The summed E-state index contributed by atoms with van der Waals surface area (Å²) in [5.74, 6) is 0. The molecule has 0 aliphatic heterocycles. The van der Waals surface area contributed by atoms with Gasteiger partial charge in [0.1, 0.15) is 0 Å². The number of primary sulfonamides is 1. The second kappa shape index (κ2) is 6.42. The number of nitro groups is 1. The number of nitrogens with one attached hydrogen (secondary N) is 2. The minimum absolute atomic E-state index is 0.0761. The second-order valence-electron chi connectivity index (χ2n) is 5.31. The molecule has 2 aromatic rings. The van der Waals surface area contributed by atoms with Gasteiger partial charge in [0, 0.05) is 35.6 Å². The number of hydrogen-bond acceptors (Lipinski definition) is 6. The van der Waals surface area contributed by atoms with Crippen molar-refractivity contribution in [1.82, 2.24) is 4.98 Å². The van der Waals surface area contributed by atoms with Gasteiger partial charge in [-0.05, 0) is 31.5 Å². The molecule has 0 radical (unpaired) electrons. The van der Waals surface area contributed by atoms with Crippen LogP contribution in [0, 0.1) is 24.0 Å². The van der Waals surface area contributed by atoms with Gasteiger partial charge in [-0.3, -0.25) is 14.9 Å². The number of anilines is 1. The van der Waals surface area contributed by atoms with Crippen molar-refractivity contribution in [3.05, 3.63) is 61.6 Å². The average Bonchev–Trinajstić information content (AvgIpc) is 2.44. The molecule has 1 aromatic carbocycles. The van der Waals surface area contributed by atoms with Crippen molar-refractivity contribution in [1.29, 1.82) is 0 Å². The van der Waals surface area contributed by atoms with Gasteiger partial charge >= 0.3 is 0 Å². The molecule has 0 atom stereocenters. The number of sulfonamides is 1. The summed E-state index contributed by atoms with van der Waals surface area (Å²) in [5.41, 5.74) is 1.39. The number of H-pyrrole nitrogens is 1. The van der Waals surface area contributed by atoms with Crippen LogP contribution >= 0.6 is 0 Å². The van der Waals surface area contributed by atoms with Crippen LogP contribution in [-0.2, 0) is 16.6 Å². The summed E-state index contributed by atoms with van der Waals surface area (Å²) in [6, 6.07) is 5.03. The molecule has 0 aliphatic rings. The number of nitrogens with two attached hydrogens (primary N) is 1. The molecule has 0 bridgehead atoms.